The number of hydrogen-bond acceptors (Lipinski definition) is 4. The summed E-state index contributed by atoms with van der Waals surface area (Å²) in [5.74, 6) is 0. The van der Waals surface area contributed by atoms with Crippen molar-refractivity contribution in [3.05, 3.63) is 50.9 Å². The zero-order valence-corrected chi connectivity index (χ0v) is 12.9. The molecular weight excluding hydrogens is 324 g/mol. The number of rotatable bonds is 3. The number of benzene rings is 1. The smallest absolute Gasteiger partial charge is 0.0963 e. The first-order valence-corrected chi connectivity index (χ1v) is 7.96. The minimum atomic E-state index is 0.150. The van der Waals surface area contributed by atoms with E-state index in [-0.39, 0.29) is 6.10 Å². The van der Waals surface area contributed by atoms with E-state index in [1.807, 2.05) is 17.8 Å². The Morgan fingerprint density at radius 2 is 2.32 bits per heavy atom. The average molecular weight is 339 g/mol. The number of halogens is 1. The number of thiazole rings is 1. The average Bonchev–Trinajstić information content (AvgIpc) is 2.92. The van der Waals surface area contributed by atoms with Crippen LogP contribution in [0.3, 0.4) is 0 Å². The van der Waals surface area contributed by atoms with Gasteiger partial charge in [-0.3, -0.25) is 9.88 Å². The molecule has 0 aliphatic carbocycles. The van der Waals surface area contributed by atoms with Crippen molar-refractivity contribution in [3.63, 3.8) is 0 Å². The van der Waals surface area contributed by atoms with E-state index >= 15 is 0 Å². The highest BCUT2D eigenvalue weighted by molar-refractivity contribution is 9.10. The number of hydrogen-bond donors (Lipinski definition) is 0. The Balaban J connectivity index is 1.70. The molecule has 19 heavy (non-hydrogen) atoms. The first-order chi connectivity index (χ1) is 9.33. The molecular formula is C14H15BrN2OS. The van der Waals surface area contributed by atoms with Crippen LogP contribution in [0.2, 0.25) is 0 Å². The number of nitrogens with zero attached hydrogens (tertiary/aromatic N) is 2. The lowest BCUT2D eigenvalue weighted by atomic mass is 10.1. The molecule has 1 aliphatic rings. The highest BCUT2D eigenvalue weighted by Gasteiger charge is 2.23. The van der Waals surface area contributed by atoms with Gasteiger partial charge < -0.3 is 4.74 Å². The molecule has 1 aromatic carbocycles. The predicted octanol–water partition coefficient (Wildman–Crippen LogP) is 3.48. The number of aromatic nitrogens is 1. The van der Waals surface area contributed by atoms with Crippen LogP contribution in [0.1, 0.15) is 16.5 Å². The fourth-order valence-electron chi connectivity index (χ4n) is 2.31. The van der Waals surface area contributed by atoms with Gasteiger partial charge in [0.05, 0.1) is 18.2 Å². The molecule has 3 nitrogen and oxygen atoms in total. The maximum atomic E-state index is 5.91. The molecule has 1 atom stereocenters. The van der Waals surface area contributed by atoms with Gasteiger partial charge in [0.25, 0.3) is 0 Å². The van der Waals surface area contributed by atoms with Gasteiger partial charge in [-0.25, -0.2) is 0 Å². The van der Waals surface area contributed by atoms with Crippen LogP contribution in [0.25, 0.3) is 0 Å². The van der Waals surface area contributed by atoms with Crippen LogP contribution in [0, 0.1) is 0 Å². The molecule has 1 saturated heterocycles. The summed E-state index contributed by atoms with van der Waals surface area (Å²) in [6.45, 7) is 3.67. The standard InChI is InChI=1S/C14H15BrN2OS/c15-13-4-2-1-3-12(13)14-9-17(5-6-18-14)8-11-7-16-10-19-11/h1-4,7,10,14H,5-6,8-9H2. The van der Waals surface area contributed by atoms with Crippen molar-refractivity contribution in [1.82, 2.24) is 9.88 Å². The second kappa shape index (κ2) is 6.13. The Kier molecular flexibility index (Phi) is 4.28. The van der Waals surface area contributed by atoms with Crippen LogP contribution in [0.5, 0.6) is 0 Å². The SMILES string of the molecule is Brc1ccccc1C1CN(Cc2cncs2)CCO1. The molecule has 0 radical (unpaired) electrons. The van der Waals surface area contributed by atoms with E-state index in [1.165, 1.54) is 10.4 Å². The van der Waals surface area contributed by atoms with Crippen molar-refractivity contribution < 1.29 is 4.74 Å². The van der Waals surface area contributed by atoms with Crippen LogP contribution in [0.15, 0.2) is 40.4 Å². The first kappa shape index (κ1) is 13.2. The summed E-state index contributed by atoms with van der Waals surface area (Å²) < 4.78 is 7.04. The van der Waals surface area contributed by atoms with E-state index in [0.29, 0.717) is 0 Å². The summed E-state index contributed by atoms with van der Waals surface area (Å²) in [4.78, 5) is 7.88. The summed E-state index contributed by atoms with van der Waals surface area (Å²) >= 11 is 5.32. The van der Waals surface area contributed by atoms with Crippen molar-refractivity contribution in [2.75, 3.05) is 19.7 Å². The fourth-order valence-corrected chi connectivity index (χ4v) is 3.49. The van der Waals surface area contributed by atoms with Crippen molar-refractivity contribution in [2.24, 2.45) is 0 Å². The molecule has 1 aromatic heterocycles. The van der Waals surface area contributed by atoms with Gasteiger partial charge in [-0.05, 0) is 11.6 Å². The van der Waals surface area contributed by atoms with Gasteiger partial charge in [0.15, 0.2) is 0 Å². The van der Waals surface area contributed by atoms with Crippen LogP contribution >= 0.6 is 27.3 Å². The molecule has 0 saturated carbocycles. The third-order valence-electron chi connectivity index (χ3n) is 3.27. The Hall–Kier alpha value is -0.750. The minimum Gasteiger partial charge on any atom is -0.371 e. The van der Waals surface area contributed by atoms with Crippen molar-refractivity contribution in [3.8, 4) is 0 Å². The molecule has 1 aliphatic heterocycles. The number of morpholine rings is 1. The minimum absolute atomic E-state index is 0.150. The monoisotopic (exact) mass is 338 g/mol. The van der Waals surface area contributed by atoms with Crippen molar-refractivity contribution in [2.45, 2.75) is 12.6 Å². The van der Waals surface area contributed by atoms with Crippen molar-refractivity contribution in [1.29, 1.82) is 0 Å². The molecule has 2 aromatic rings. The Morgan fingerprint density at radius 1 is 1.42 bits per heavy atom. The van der Waals surface area contributed by atoms with E-state index < -0.39 is 0 Å². The van der Waals surface area contributed by atoms with E-state index in [2.05, 4.69) is 44.0 Å². The highest BCUT2D eigenvalue weighted by Crippen LogP contribution is 2.29. The molecule has 0 bridgehead atoms. The summed E-state index contributed by atoms with van der Waals surface area (Å²) in [6, 6.07) is 8.29. The van der Waals surface area contributed by atoms with Crippen LogP contribution in [-0.2, 0) is 11.3 Å². The molecule has 5 heteroatoms. The lowest BCUT2D eigenvalue weighted by Crippen LogP contribution is -2.37. The van der Waals surface area contributed by atoms with Gasteiger partial charge in [-0.1, -0.05) is 34.1 Å². The lowest BCUT2D eigenvalue weighted by molar-refractivity contribution is -0.0329. The van der Waals surface area contributed by atoms with E-state index in [9.17, 15) is 0 Å². The Morgan fingerprint density at radius 3 is 3.11 bits per heavy atom. The second-order valence-corrected chi connectivity index (χ2v) is 6.41. The normalized spacial score (nSPS) is 20.6. The van der Waals surface area contributed by atoms with Gasteiger partial charge in [0.1, 0.15) is 0 Å². The van der Waals surface area contributed by atoms with Crippen molar-refractivity contribution >= 4 is 27.3 Å². The van der Waals surface area contributed by atoms with Gasteiger partial charge in [0.2, 0.25) is 0 Å². The first-order valence-electron chi connectivity index (χ1n) is 6.28. The summed E-state index contributed by atoms with van der Waals surface area (Å²) in [5.41, 5.74) is 3.12. The van der Waals surface area contributed by atoms with Crippen LogP contribution in [-0.4, -0.2) is 29.6 Å². The highest BCUT2D eigenvalue weighted by atomic mass is 79.9. The quantitative estimate of drug-likeness (QED) is 0.856. The molecule has 100 valence electrons. The zero-order valence-electron chi connectivity index (χ0n) is 10.5. The molecule has 0 N–H and O–H groups in total. The van der Waals surface area contributed by atoms with Crippen LogP contribution in [0.4, 0.5) is 0 Å². The maximum absolute atomic E-state index is 5.91. The Bertz CT molecular complexity index is 532. The molecule has 2 heterocycles. The lowest BCUT2D eigenvalue weighted by Gasteiger charge is -2.33. The molecule has 0 amide bonds. The van der Waals surface area contributed by atoms with Gasteiger partial charge in [0, 0.05) is 35.2 Å². The largest absolute Gasteiger partial charge is 0.371 e. The third kappa shape index (κ3) is 3.23. The maximum Gasteiger partial charge on any atom is 0.0963 e. The molecule has 1 fully saturated rings. The predicted molar refractivity (Wildman–Crippen MR) is 80.2 cm³/mol. The summed E-state index contributed by atoms with van der Waals surface area (Å²) in [5, 5.41) is 0. The summed E-state index contributed by atoms with van der Waals surface area (Å²) in [6.07, 6.45) is 2.10. The van der Waals surface area contributed by atoms with E-state index in [0.717, 1.165) is 30.7 Å². The van der Waals surface area contributed by atoms with E-state index in [1.54, 1.807) is 11.3 Å². The Labute approximate surface area is 125 Å². The van der Waals surface area contributed by atoms with Crippen LogP contribution < -0.4 is 0 Å². The topological polar surface area (TPSA) is 25.4 Å². The fraction of sp³-hybridized carbons (Fsp3) is 0.357. The number of ether oxygens (including phenoxy) is 1. The van der Waals surface area contributed by atoms with Gasteiger partial charge >= 0.3 is 0 Å². The van der Waals surface area contributed by atoms with Gasteiger partial charge in [-0.15, -0.1) is 11.3 Å². The second-order valence-electron chi connectivity index (χ2n) is 4.58. The molecule has 0 spiro atoms. The third-order valence-corrected chi connectivity index (χ3v) is 4.75. The molecule has 3 rings (SSSR count). The summed E-state index contributed by atoms with van der Waals surface area (Å²) in [7, 11) is 0. The van der Waals surface area contributed by atoms with Gasteiger partial charge in [-0.2, -0.15) is 0 Å². The zero-order chi connectivity index (χ0) is 13.1. The van der Waals surface area contributed by atoms with E-state index in [4.69, 9.17) is 4.74 Å². The molecule has 1 unspecified atom stereocenters.